The lowest BCUT2D eigenvalue weighted by Gasteiger charge is -2.38. The van der Waals surface area contributed by atoms with Gasteiger partial charge in [0.1, 0.15) is 22.4 Å². The number of para-hydroxylation sites is 2. The van der Waals surface area contributed by atoms with Crippen LogP contribution in [0.3, 0.4) is 0 Å². The van der Waals surface area contributed by atoms with Crippen LogP contribution in [-0.2, 0) is 34.4 Å². The molecule has 2 aliphatic rings. The largest absolute Gasteiger partial charge is 0.350 e. The minimum atomic E-state index is -4.23. The van der Waals surface area contributed by atoms with Crippen LogP contribution >= 0.6 is 23.3 Å². The molecule has 4 aromatic rings. The van der Waals surface area contributed by atoms with Crippen molar-refractivity contribution in [3.8, 4) is 10.4 Å². The zero-order chi connectivity index (χ0) is 33.0. The standard InChI is InChI=1S/C30H34FN5O7S4/c31-23-11-9-22(10-12-23)27-13-14-29(45-27)47(40,41)36-16-15-34(20-26(36)30(37)33-43-28-8-3-4-17-42-28)46(38,39)19-5-18-44-35-21-32-24-6-1-2-7-25(24)35/h1-2,6-7,9-14,21,26,28H,3-5,8,15-20H2,(H,33,37)/t26-,28?/m1/s1. The SMILES string of the molecule is O=C(NOC1CCCCO1)[C@H]1CN(S(=O)(=O)CCCSn2cnc3ccccc32)CCN1S(=O)(=O)c1ccc(-c2ccc(F)cc2)s1. The normalized spacial score (nSPS) is 20.0. The maximum Gasteiger partial charge on any atom is 0.263 e. The Labute approximate surface area is 281 Å². The number of fused-ring (bicyclic) bond motifs is 1. The number of sulfonamides is 2. The van der Waals surface area contributed by atoms with Crippen LogP contribution < -0.4 is 5.48 Å². The number of aromatic nitrogens is 2. The zero-order valence-electron chi connectivity index (χ0n) is 25.2. The van der Waals surface area contributed by atoms with Crippen molar-refractivity contribution in [1.29, 1.82) is 0 Å². The summed E-state index contributed by atoms with van der Waals surface area (Å²) in [5, 5.41) is 0. The second kappa shape index (κ2) is 14.7. The fourth-order valence-electron chi connectivity index (χ4n) is 5.41. The second-order valence-corrected chi connectivity index (χ2v) is 17.4. The first-order chi connectivity index (χ1) is 22.6. The van der Waals surface area contributed by atoms with Crippen LogP contribution in [0.15, 0.2) is 71.2 Å². The Kier molecular flexibility index (Phi) is 10.6. The summed E-state index contributed by atoms with van der Waals surface area (Å²) >= 11 is 2.43. The predicted molar refractivity (Wildman–Crippen MR) is 178 cm³/mol. The van der Waals surface area contributed by atoms with Crippen LogP contribution in [0.5, 0.6) is 0 Å². The van der Waals surface area contributed by atoms with E-state index in [1.807, 2.05) is 28.2 Å². The molecule has 1 amide bonds. The Balaban J connectivity index is 1.15. The molecule has 2 aromatic heterocycles. The van der Waals surface area contributed by atoms with Gasteiger partial charge in [0.15, 0.2) is 6.29 Å². The summed E-state index contributed by atoms with van der Waals surface area (Å²) < 4.78 is 77.8. The third-order valence-corrected chi connectivity index (χ3v) is 14.4. The number of benzene rings is 2. The van der Waals surface area contributed by atoms with E-state index in [1.54, 1.807) is 24.5 Å². The van der Waals surface area contributed by atoms with Crippen LogP contribution in [0.25, 0.3) is 21.5 Å². The van der Waals surface area contributed by atoms with Crippen molar-refractivity contribution in [2.45, 2.75) is 42.2 Å². The molecular formula is C30H34FN5O7S4. The number of imidazole rings is 1. The van der Waals surface area contributed by atoms with Gasteiger partial charge in [0.05, 0.1) is 16.8 Å². The fraction of sp³-hybridized carbons (Fsp3) is 0.400. The van der Waals surface area contributed by atoms with Gasteiger partial charge in [-0.25, -0.2) is 36.5 Å². The molecule has 12 nitrogen and oxygen atoms in total. The van der Waals surface area contributed by atoms with E-state index >= 15 is 0 Å². The Morgan fingerprint density at radius 3 is 2.66 bits per heavy atom. The number of hydrogen-bond donors (Lipinski definition) is 1. The number of nitrogens with one attached hydrogen (secondary N) is 1. The molecule has 0 aliphatic carbocycles. The van der Waals surface area contributed by atoms with Crippen LogP contribution in [0.2, 0.25) is 0 Å². The Morgan fingerprint density at radius 2 is 1.87 bits per heavy atom. The molecule has 0 spiro atoms. The summed E-state index contributed by atoms with van der Waals surface area (Å²) in [7, 11) is -8.07. The van der Waals surface area contributed by atoms with Crippen LogP contribution in [0.4, 0.5) is 4.39 Å². The molecule has 1 unspecified atom stereocenters. The minimum absolute atomic E-state index is 0.0217. The molecule has 2 atom stereocenters. The lowest BCUT2D eigenvalue weighted by Crippen LogP contribution is -2.61. The number of ether oxygens (including phenoxy) is 1. The molecule has 47 heavy (non-hydrogen) atoms. The van der Waals surface area contributed by atoms with Crippen LogP contribution in [0, 0.1) is 5.82 Å². The van der Waals surface area contributed by atoms with Gasteiger partial charge in [0.25, 0.3) is 15.9 Å². The van der Waals surface area contributed by atoms with E-state index in [4.69, 9.17) is 9.57 Å². The summed E-state index contributed by atoms with van der Waals surface area (Å²) in [5.41, 5.74) is 4.75. The molecule has 0 bridgehead atoms. The molecule has 2 aromatic carbocycles. The highest BCUT2D eigenvalue weighted by Crippen LogP contribution is 2.34. The van der Waals surface area contributed by atoms with E-state index in [-0.39, 0.29) is 29.6 Å². The van der Waals surface area contributed by atoms with Crippen molar-refractivity contribution in [2.75, 3.05) is 37.7 Å². The van der Waals surface area contributed by atoms with E-state index in [2.05, 4.69) is 10.5 Å². The number of hydrogen-bond acceptors (Lipinski definition) is 10. The van der Waals surface area contributed by atoms with Gasteiger partial charge in [-0.3, -0.25) is 8.77 Å². The minimum Gasteiger partial charge on any atom is -0.350 e. The molecule has 6 rings (SSSR count). The van der Waals surface area contributed by atoms with Gasteiger partial charge >= 0.3 is 0 Å². The Hall–Kier alpha value is -2.90. The summed E-state index contributed by atoms with van der Waals surface area (Å²) in [6.07, 6.45) is 3.62. The number of piperazine rings is 1. The van der Waals surface area contributed by atoms with Gasteiger partial charge < -0.3 is 4.74 Å². The van der Waals surface area contributed by atoms with Crippen molar-refractivity contribution in [3.05, 3.63) is 72.8 Å². The van der Waals surface area contributed by atoms with Crippen molar-refractivity contribution in [3.63, 3.8) is 0 Å². The maximum atomic E-state index is 13.9. The average Bonchev–Trinajstić information content (AvgIpc) is 3.75. The lowest BCUT2D eigenvalue weighted by molar-refractivity contribution is -0.202. The first-order valence-corrected chi connectivity index (χ1v) is 19.9. The number of rotatable bonds is 12. The van der Waals surface area contributed by atoms with Gasteiger partial charge in [-0.05, 0) is 73.2 Å². The monoisotopic (exact) mass is 723 g/mol. The number of halogens is 1. The average molecular weight is 724 g/mol. The van der Waals surface area contributed by atoms with E-state index in [0.717, 1.165) is 39.5 Å². The third kappa shape index (κ3) is 7.88. The summed E-state index contributed by atoms with van der Waals surface area (Å²) in [5.74, 6) is -0.875. The fourth-order valence-corrected chi connectivity index (χ4v) is 11.0. The molecule has 17 heteroatoms. The Morgan fingerprint density at radius 1 is 1.06 bits per heavy atom. The topological polar surface area (TPSA) is 140 Å². The lowest BCUT2D eigenvalue weighted by atomic mass is 10.2. The molecule has 2 aliphatic heterocycles. The first-order valence-electron chi connectivity index (χ1n) is 15.1. The highest BCUT2D eigenvalue weighted by atomic mass is 32.2. The van der Waals surface area contributed by atoms with Gasteiger partial charge in [-0.2, -0.15) is 8.61 Å². The van der Waals surface area contributed by atoms with E-state index < -0.39 is 44.1 Å². The van der Waals surface area contributed by atoms with E-state index in [0.29, 0.717) is 35.6 Å². The number of nitrogens with zero attached hydrogens (tertiary/aromatic N) is 4. The van der Waals surface area contributed by atoms with Crippen molar-refractivity contribution in [1.82, 2.24) is 23.0 Å². The molecule has 2 fully saturated rings. The Bertz CT molecular complexity index is 1910. The van der Waals surface area contributed by atoms with Crippen molar-refractivity contribution < 1.29 is 35.6 Å². The smallest absolute Gasteiger partial charge is 0.263 e. The second-order valence-electron chi connectivity index (χ2n) is 11.1. The van der Waals surface area contributed by atoms with E-state index in [9.17, 15) is 26.0 Å². The van der Waals surface area contributed by atoms with Gasteiger partial charge in [0.2, 0.25) is 10.0 Å². The molecule has 252 valence electrons. The summed E-state index contributed by atoms with van der Waals surface area (Å²) in [4.78, 5) is 23.9. The molecule has 2 saturated heterocycles. The van der Waals surface area contributed by atoms with Gasteiger partial charge in [-0.15, -0.1) is 11.3 Å². The molecular weight excluding hydrogens is 690 g/mol. The van der Waals surface area contributed by atoms with Crippen molar-refractivity contribution >= 4 is 60.3 Å². The predicted octanol–water partition coefficient (Wildman–Crippen LogP) is 4.07. The summed E-state index contributed by atoms with van der Waals surface area (Å²) in [6, 6.07) is 15.0. The number of thiophene rings is 1. The highest BCUT2D eigenvalue weighted by molar-refractivity contribution is 7.98. The first kappa shape index (κ1) is 34.0. The third-order valence-electron chi connectivity index (χ3n) is 7.89. The quantitative estimate of drug-likeness (QED) is 0.169. The maximum absolute atomic E-state index is 13.9. The van der Waals surface area contributed by atoms with E-state index in [1.165, 1.54) is 34.5 Å². The highest BCUT2D eigenvalue weighted by Gasteiger charge is 2.44. The molecule has 0 saturated carbocycles. The number of amides is 1. The number of carbonyl (C=O) groups is 1. The number of carbonyl (C=O) groups excluding carboxylic acids is 1. The molecule has 1 N–H and O–H groups in total. The van der Waals surface area contributed by atoms with Crippen LogP contribution in [-0.4, -0.2) is 90.4 Å². The summed E-state index contributed by atoms with van der Waals surface area (Å²) in [6.45, 7) is -0.259. The van der Waals surface area contributed by atoms with Crippen molar-refractivity contribution in [2.24, 2.45) is 0 Å². The van der Waals surface area contributed by atoms with Gasteiger partial charge in [0, 0.05) is 43.3 Å². The van der Waals surface area contributed by atoms with Gasteiger partial charge in [-0.1, -0.05) is 24.3 Å². The molecule has 0 radical (unpaired) electrons. The van der Waals surface area contributed by atoms with Crippen LogP contribution in [0.1, 0.15) is 25.7 Å². The number of hydroxylamine groups is 1. The zero-order valence-corrected chi connectivity index (χ0v) is 28.5. The molecule has 4 heterocycles.